The van der Waals surface area contributed by atoms with Gasteiger partial charge < -0.3 is 10.2 Å². The predicted molar refractivity (Wildman–Crippen MR) is 96.1 cm³/mol. The van der Waals surface area contributed by atoms with Crippen LogP contribution in [0.1, 0.15) is 23.5 Å². The number of carbonyl (C=O) groups is 2. The standard InChI is InChI=1S/C18H14Br2O4/c19-13-7-3-1-5-10(13)15-11(16(21)22)9-18(15,17(23)24)12-6-2-4-8-14(12)20/h1-8,11,15H,9H2,(H,21,22)(H,23,24). The van der Waals surface area contributed by atoms with E-state index in [-0.39, 0.29) is 6.42 Å². The van der Waals surface area contributed by atoms with Crippen molar-refractivity contribution in [3.63, 3.8) is 0 Å². The molecule has 6 heteroatoms. The van der Waals surface area contributed by atoms with E-state index >= 15 is 0 Å². The molecule has 124 valence electrons. The van der Waals surface area contributed by atoms with E-state index in [4.69, 9.17) is 0 Å². The normalized spacial score (nSPS) is 25.8. The maximum atomic E-state index is 12.3. The fourth-order valence-electron chi connectivity index (χ4n) is 3.65. The van der Waals surface area contributed by atoms with Crippen molar-refractivity contribution < 1.29 is 19.8 Å². The van der Waals surface area contributed by atoms with Crippen LogP contribution in [0.5, 0.6) is 0 Å². The van der Waals surface area contributed by atoms with Crippen molar-refractivity contribution in [2.24, 2.45) is 5.92 Å². The molecule has 24 heavy (non-hydrogen) atoms. The summed E-state index contributed by atoms with van der Waals surface area (Å²) in [5, 5.41) is 19.6. The lowest BCUT2D eigenvalue weighted by molar-refractivity contribution is -0.160. The molecule has 0 heterocycles. The van der Waals surface area contributed by atoms with Crippen LogP contribution in [0, 0.1) is 5.92 Å². The molecule has 0 aromatic heterocycles. The van der Waals surface area contributed by atoms with Crippen LogP contribution in [0.3, 0.4) is 0 Å². The highest BCUT2D eigenvalue weighted by Crippen LogP contribution is 2.60. The van der Waals surface area contributed by atoms with Crippen LogP contribution in [0.2, 0.25) is 0 Å². The Bertz CT molecular complexity index is 820. The summed E-state index contributed by atoms with van der Waals surface area (Å²) in [6.45, 7) is 0. The number of carboxylic acids is 2. The number of hydrogen-bond acceptors (Lipinski definition) is 2. The highest BCUT2D eigenvalue weighted by molar-refractivity contribution is 9.10. The van der Waals surface area contributed by atoms with Crippen molar-refractivity contribution in [2.75, 3.05) is 0 Å². The van der Waals surface area contributed by atoms with E-state index in [0.29, 0.717) is 15.6 Å². The van der Waals surface area contributed by atoms with Gasteiger partial charge in [-0.1, -0.05) is 68.3 Å². The summed E-state index contributed by atoms with van der Waals surface area (Å²) in [7, 11) is 0. The summed E-state index contributed by atoms with van der Waals surface area (Å²) >= 11 is 6.87. The van der Waals surface area contributed by atoms with Crippen molar-refractivity contribution in [2.45, 2.75) is 17.8 Å². The van der Waals surface area contributed by atoms with E-state index in [1.54, 1.807) is 36.4 Å². The number of aliphatic carboxylic acids is 2. The number of hydrogen-bond donors (Lipinski definition) is 2. The van der Waals surface area contributed by atoms with Gasteiger partial charge in [0.25, 0.3) is 0 Å². The summed E-state index contributed by atoms with van der Waals surface area (Å²) < 4.78 is 1.40. The van der Waals surface area contributed by atoms with Crippen LogP contribution < -0.4 is 0 Å². The Kier molecular flexibility index (Phi) is 4.53. The average molecular weight is 454 g/mol. The zero-order valence-electron chi connectivity index (χ0n) is 12.4. The van der Waals surface area contributed by atoms with Crippen molar-refractivity contribution in [1.29, 1.82) is 0 Å². The van der Waals surface area contributed by atoms with Crippen molar-refractivity contribution in [3.05, 3.63) is 68.6 Å². The zero-order valence-corrected chi connectivity index (χ0v) is 15.6. The molecule has 0 amide bonds. The summed E-state index contributed by atoms with van der Waals surface area (Å²) in [6, 6.07) is 14.3. The molecule has 1 aliphatic rings. The van der Waals surface area contributed by atoms with Gasteiger partial charge in [-0.05, 0) is 29.7 Å². The van der Waals surface area contributed by atoms with Gasteiger partial charge in [-0.15, -0.1) is 0 Å². The molecule has 0 bridgehead atoms. The smallest absolute Gasteiger partial charge is 0.314 e. The van der Waals surface area contributed by atoms with Gasteiger partial charge in [-0.2, -0.15) is 0 Å². The van der Waals surface area contributed by atoms with E-state index in [9.17, 15) is 19.8 Å². The topological polar surface area (TPSA) is 74.6 Å². The maximum absolute atomic E-state index is 12.3. The molecule has 1 saturated carbocycles. The van der Waals surface area contributed by atoms with Gasteiger partial charge in [-0.3, -0.25) is 9.59 Å². The summed E-state index contributed by atoms with van der Waals surface area (Å²) in [6.07, 6.45) is 0.0618. The zero-order chi connectivity index (χ0) is 17.5. The molecule has 2 aromatic rings. The van der Waals surface area contributed by atoms with Crippen LogP contribution >= 0.6 is 31.9 Å². The van der Waals surface area contributed by atoms with E-state index < -0.39 is 29.2 Å². The first kappa shape index (κ1) is 17.2. The molecule has 0 saturated heterocycles. The quantitative estimate of drug-likeness (QED) is 0.718. The first-order chi connectivity index (χ1) is 11.4. The fourth-order valence-corrected chi connectivity index (χ4v) is 4.82. The van der Waals surface area contributed by atoms with Crippen LogP contribution in [-0.4, -0.2) is 22.2 Å². The Morgan fingerprint density at radius 1 is 0.958 bits per heavy atom. The van der Waals surface area contributed by atoms with E-state index in [1.807, 2.05) is 12.1 Å². The molecule has 3 atom stereocenters. The van der Waals surface area contributed by atoms with E-state index in [0.717, 1.165) is 4.47 Å². The Morgan fingerprint density at radius 3 is 2.08 bits per heavy atom. The maximum Gasteiger partial charge on any atom is 0.314 e. The summed E-state index contributed by atoms with van der Waals surface area (Å²) in [5.41, 5.74) is 0.0394. The van der Waals surface area contributed by atoms with Gasteiger partial charge in [-0.25, -0.2) is 0 Å². The van der Waals surface area contributed by atoms with Crippen molar-refractivity contribution in [1.82, 2.24) is 0 Å². The van der Waals surface area contributed by atoms with Gasteiger partial charge in [0, 0.05) is 14.9 Å². The monoisotopic (exact) mass is 452 g/mol. The molecular weight excluding hydrogens is 440 g/mol. The lowest BCUT2D eigenvalue weighted by Gasteiger charge is -2.51. The van der Waals surface area contributed by atoms with Crippen LogP contribution in [0.15, 0.2) is 57.5 Å². The molecule has 2 N–H and O–H groups in total. The minimum Gasteiger partial charge on any atom is -0.481 e. The van der Waals surface area contributed by atoms with Crippen LogP contribution in [0.4, 0.5) is 0 Å². The molecule has 4 nitrogen and oxygen atoms in total. The van der Waals surface area contributed by atoms with Gasteiger partial charge in [0.2, 0.25) is 0 Å². The van der Waals surface area contributed by atoms with E-state index in [1.165, 1.54) is 0 Å². The van der Waals surface area contributed by atoms with E-state index in [2.05, 4.69) is 31.9 Å². The second-order valence-electron chi connectivity index (χ2n) is 5.90. The summed E-state index contributed by atoms with van der Waals surface area (Å²) in [5.74, 6) is -3.37. The highest BCUT2D eigenvalue weighted by atomic mass is 79.9. The third-order valence-electron chi connectivity index (χ3n) is 4.77. The molecule has 2 aromatic carbocycles. The molecule has 1 aliphatic carbocycles. The number of carboxylic acid groups (broad SMARTS) is 2. The second-order valence-corrected chi connectivity index (χ2v) is 7.61. The van der Waals surface area contributed by atoms with Gasteiger partial charge in [0.1, 0.15) is 5.41 Å². The highest BCUT2D eigenvalue weighted by Gasteiger charge is 2.63. The second kappa shape index (κ2) is 6.33. The molecule has 0 aliphatic heterocycles. The third-order valence-corrected chi connectivity index (χ3v) is 6.18. The molecule has 0 spiro atoms. The predicted octanol–water partition coefficient (Wildman–Crippen LogP) is 4.42. The Morgan fingerprint density at radius 2 is 1.54 bits per heavy atom. The molecule has 1 fully saturated rings. The Labute approximate surface area is 155 Å². The molecule has 0 radical (unpaired) electrons. The molecule has 3 unspecified atom stereocenters. The minimum atomic E-state index is -1.27. The largest absolute Gasteiger partial charge is 0.481 e. The van der Waals surface area contributed by atoms with Crippen LogP contribution in [0.25, 0.3) is 0 Å². The van der Waals surface area contributed by atoms with Gasteiger partial charge >= 0.3 is 11.9 Å². The lowest BCUT2D eigenvalue weighted by Crippen LogP contribution is -2.57. The third kappa shape index (κ3) is 2.48. The number of benzene rings is 2. The average Bonchev–Trinajstić information content (AvgIpc) is 2.50. The first-order valence-electron chi connectivity index (χ1n) is 7.35. The van der Waals surface area contributed by atoms with Crippen molar-refractivity contribution >= 4 is 43.8 Å². The van der Waals surface area contributed by atoms with Gasteiger partial charge in [0.15, 0.2) is 0 Å². The van der Waals surface area contributed by atoms with Crippen molar-refractivity contribution in [3.8, 4) is 0 Å². The minimum absolute atomic E-state index is 0.0618. The summed E-state index contributed by atoms with van der Waals surface area (Å²) in [4.78, 5) is 24.0. The Hall–Kier alpha value is -1.66. The molecular formula is C18H14Br2O4. The lowest BCUT2D eigenvalue weighted by atomic mass is 9.49. The fraction of sp³-hybridized carbons (Fsp3) is 0.222. The van der Waals surface area contributed by atoms with Crippen LogP contribution in [-0.2, 0) is 15.0 Å². The number of halogens is 2. The SMILES string of the molecule is O=C(O)C1CC(C(=O)O)(c2ccccc2Br)C1c1ccccc1Br. The number of rotatable bonds is 4. The Balaban J connectivity index is 2.23. The molecule has 3 rings (SSSR count). The van der Waals surface area contributed by atoms with Gasteiger partial charge in [0.05, 0.1) is 5.92 Å². The first-order valence-corrected chi connectivity index (χ1v) is 8.94.